The molecule has 9 heteroatoms. The van der Waals surface area contributed by atoms with E-state index in [1.807, 2.05) is 30.3 Å². The van der Waals surface area contributed by atoms with E-state index in [2.05, 4.69) is 19.8 Å². The van der Waals surface area contributed by atoms with Gasteiger partial charge in [-0.3, -0.25) is 4.90 Å². The van der Waals surface area contributed by atoms with Crippen LogP contribution in [0.3, 0.4) is 0 Å². The number of hydrogen-bond acceptors (Lipinski definition) is 7. The lowest BCUT2D eigenvalue weighted by Gasteiger charge is -2.26. The number of carbonyl (C=O) groups is 1. The first-order valence-corrected chi connectivity index (χ1v) is 12.1. The number of hydrogen-bond donors (Lipinski definition) is 1. The summed E-state index contributed by atoms with van der Waals surface area (Å²) in [4.78, 5) is 24.8. The van der Waals surface area contributed by atoms with Gasteiger partial charge in [-0.05, 0) is 42.7 Å². The summed E-state index contributed by atoms with van der Waals surface area (Å²) in [6.45, 7) is 5.64. The number of ether oxygens (including phenoxy) is 2. The van der Waals surface area contributed by atoms with Gasteiger partial charge in [0.15, 0.2) is 0 Å². The van der Waals surface area contributed by atoms with Crippen molar-refractivity contribution in [3.63, 3.8) is 0 Å². The van der Waals surface area contributed by atoms with Crippen molar-refractivity contribution in [1.82, 2.24) is 14.9 Å². The van der Waals surface area contributed by atoms with Crippen LogP contribution in [0, 0.1) is 0 Å². The average molecular weight is 495 g/mol. The minimum atomic E-state index is -1.02. The predicted octanol–water partition coefficient (Wildman–Crippen LogP) is 4.18. The molecule has 0 spiro atoms. The van der Waals surface area contributed by atoms with Gasteiger partial charge in [0.25, 0.3) is 0 Å². The normalized spacial score (nSPS) is 16.2. The molecule has 1 saturated heterocycles. The maximum atomic E-state index is 11.2. The van der Waals surface area contributed by atoms with Gasteiger partial charge in [0.05, 0.1) is 25.3 Å². The lowest BCUT2D eigenvalue weighted by atomic mass is 10.1. The average Bonchev–Trinajstić information content (AvgIpc) is 3.28. The summed E-state index contributed by atoms with van der Waals surface area (Å²) in [6, 6.07) is 9.68. The Morgan fingerprint density at radius 3 is 2.86 bits per heavy atom. The highest BCUT2D eigenvalue weighted by Crippen LogP contribution is 2.39. The van der Waals surface area contributed by atoms with Gasteiger partial charge in [0, 0.05) is 60.0 Å². The Labute approximate surface area is 208 Å². The molecule has 35 heavy (non-hydrogen) atoms. The second kappa shape index (κ2) is 10.6. The molecule has 0 amide bonds. The number of morpholine rings is 1. The van der Waals surface area contributed by atoms with Crippen LogP contribution in [0.2, 0.25) is 5.02 Å². The fraction of sp³-hybridized carbons (Fsp3) is 0.346. The zero-order valence-electron chi connectivity index (χ0n) is 19.3. The molecule has 1 fully saturated rings. The Morgan fingerprint density at radius 1 is 1.17 bits per heavy atom. The van der Waals surface area contributed by atoms with E-state index >= 15 is 0 Å². The number of carboxylic acid groups (broad SMARTS) is 1. The molecule has 2 aliphatic heterocycles. The Morgan fingerprint density at radius 2 is 2.03 bits per heavy atom. The Balaban J connectivity index is 1.43. The Bertz CT molecular complexity index is 1260. The van der Waals surface area contributed by atoms with Crippen LogP contribution in [0.1, 0.15) is 17.5 Å². The van der Waals surface area contributed by atoms with Gasteiger partial charge in [-0.15, -0.1) is 0 Å². The molecule has 2 aromatic carbocycles. The molecule has 0 atom stereocenters. The first-order chi connectivity index (χ1) is 17.1. The highest BCUT2D eigenvalue weighted by atomic mass is 35.5. The van der Waals surface area contributed by atoms with Crippen molar-refractivity contribution in [1.29, 1.82) is 0 Å². The summed E-state index contributed by atoms with van der Waals surface area (Å²) >= 11 is 6.27. The smallest absolute Gasteiger partial charge is 0.328 e. The summed E-state index contributed by atoms with van der Waals surface area (Å²) in [5.41, 5.74) is 3.66. The van der Waals surface area contributed by atoms with E-state index in [0.717, 1.165) is 80.7 Å². The van der Waals surface area contributed by atoms with Crippen LogP contribution in [0.4, 0.5) is 11.5 Å². The topological polar surface area (TPSA) is 88.0 Å². The zero-order chi connectivity index (χ0) is 24.2. The van der Waals surface area contributed by atoms with Crippen LogP contribution in [-0.4, -0.2) is 71.9 Å². The lowest BCUT2D eigenvalue weighted by Crippen LogP contribution is -2.37. The molecule has 1 N–H and O–H groups in total. The van der Waals surface area contributed by atoms with Crippen molar-refractivity contribution in [2.75, 3.05) is 50.9 Å². The second-order valence-corrected chi connectivity index (χ2v) is 9.04. The molecule has 3 aromatic rings. The first-order valence-electron chi connectivity index (χ1n) is 11.8. The summed E-state index contributed by atoms with van der Waals surface area (Å²) in [6.07, 6.45) is 5.99. The van der Waals surface area contributed by atoms with Crippen LogP contribution in [0.15, 0.2) is 42.7 Å². The van der Waals surface area contributed by atoms with Gasteiger partial charge < -0.3 is 19.5 Å². The van der Waals surface area contributed by atoms with Crippen molar-refractivity contribution in [3.8, 4) is 5.75 Å². The summed E-state index contributed by atoms with van der Waals surface area (Å²) < 4.78 is 11.5. The molecule has 0 radical (unpaired) electrons. The van der Waals surface area contributed by atoms with Crippen molar-refractivity contribution in [2.24, 2.45) is 0 Å². The van der Waals surface area contributed by atoms with E-state index in [1.165, 1.54) is 5.56 Å². The van der Waals surface area contributed by atoms with Crippen LogP contribution >= 0.6 is 11.6 Å². The lowest BCUT2D eigenvalue weighted by molar-refractivity contribution is -0.131. The van der Waals surface area contributed by atoms with Crippen LogP contribution in [0.25, 0.3) is 17.0 Å². The van der Waals surface area contributed by atoms with Crippen LogP contribution in [0.5, 0.6) is 5.75 Å². The van der Waals surface area contributed by atoms with E-state index < -0.39 is 5.97 Å². The summed E-state index contributed by atoms with van der Waals surface area (Å²) in [5.74, 6) is 0.349. The van der Waals surface area contributed by atoms with Gasteiger partial charge in [-0.25, -0.2) is 14.8 Å². The second-order valence-electron chi connectivity index (χ2n) is 8.61. The molecule has 2 aliphatic rings. The third kappa shape index (κ3) is 5.40. The number of aliphatic carboxylic acids is 1. The Kier molecular flexibility index (Phi) is 7.13. The largest absolute Gasteiger partial charge is 0.493 e. The van der Waals surface area contributed by atoms with E-state index in [0.29, 0.717) is 22.9 Å². The van der Waals surface area contributed by atoms with Crippen LogP contribution < -0.4 is 9.64 Å². The van der Waals surface area contributed by atoms with Gasteiger partial charge >= 0.3 is 5.97 Å². The highest BCUT2D eigenvalue weighted by Gasteiger charge is 2.24. The van der Waals surface area contributed by atoms with Crippen LogP contribution in [-0.2, 0) is 16.0 Å². The molecule has 3 heterocycles. The molecular formula is C26H27ClN4O4. The third-order valence-corrected chi connectivity index (χ3v) is 6.56. The van der Waals surface area contributed by atoms with Gasteiger partial charge in [-0.1, -0.05) is 17.7 Å². The summed E-state index contributed by atoms with van der Waals surface area (Å²) in [7, 11) is 0. The monoisotopic (exact) mass is 494 g/mol. The maximum absolute atomic E-state index is 11.2. The predicted molar refractivity (Wildman–Crippen MR) is 136 cm³/mol. The SMILES string of the molecule is O=C(O)C=Cc1cc2c(N3CCc4ccc(Cl)cc43)ncnc2cc1OCCCN1CCOCC1. The molecular weight excluding hydrogens is 468 g/mol. The molecule has 0 saturated carbocycles. The van der Waals surface area contributed by atoms with E-state index in [4.69, 9.17) is 21.1 Å². The fourth-order valence-electron chi connectivity index (χ4n) is 4.59. The Hall–Kier alpha value is -3.20. The first kappa shape index (κ1) is 23.5. The van der Waals surface area contributed by atoms with Crippen molar-refractivity contribution < 1.29 is 19.4 Å². The molecule has 0 bridgehead atoms. The summed E-state index contributed by atoms with van der Waals surface area (Å²) in [5, 5.41) is 10.7. The van der Waals surface area contributed by atoms with Crippen molar-refractivity contribution in [3.05, 3.63) is 58.9 Å². The van der Waals surface area contributed by atoms with E-state index in [1.54, 1.807) is 12.4 Å². The maximum Gasteiger partial charge on any atom is 0.328 e. The van der Waals surface area contributed by atoms with E-state index in [9.17, 15) is 9.90 Å². The van der Waals surface area contributed by atoms with Gasteiger partial charge in [0.1, 0.15) is 17.9 Å². The third-order valence-electron chi connectivity index (χ3n) is 6.33. The quantitative estimate of drug-likeness (QED) is 0.368. The minimum Gasteiger partial charge on any atom is -0.493 e. The fourth-order valence-corrected chi connectivity index (χ4v) is 4.75. The molecule has 1 aromatic heterocycles. The molecule has 5 rings (SSSR count). The number of rotatable bonds is 8. The number of anilines is 2. The molecule has 0 unspecified atom stereocenters. The molecule has 8 nitrogen and oxygen atoms in total. The standard InChI is InChI=1S/C26H27ClN4O4/c27-20-4-2-18-6-8-31(23(18)15-20)26-21-14-19(3-5-25(32)33)24(16-22(21)28-17-29-26)35-11-1-7-30-9-12-34-13-10-30/h2-5,14-17H,1,6-13H2,(H,32,33). The van der Waals surface area contributed by atoms with Gasteiger partial charge in [0.2, 0.25) is 0 Å². The number of halogens is 1. The zero-order valence-corrected chi connectivity index (χ0v) is 20.1. The highest BCUT2D eigenvalue weighted by molar-refractivity contribution is 6.31. The number of benzene rings is 2. The number of carboxylic acids is 1. The number of aromatic nitrogens is 2. The number of nitrogens with zero attached hydrogens (tertiary/aromatic N) is 4. The van der Waals surface area contributed by atoms with Crippen molar-refractivity contribution >= 4 is 46.1 Å². The number of fused-ring (bicyclic) bond motifs is 2. The molecule has 0 aliphatic carbocycles. The van der Waals surface area contributed by atoms with Gasteiger partial charge in [-0.2, -0.15) is 0 Å². The van der Waals surface area contributed by atoms with Crippen molar-refractivity contribution in [2.45, 2.75) is 12.8 Å². The molecule has 182 valence electrons. The minimum absolute atomic E-state index is 0.521. The van der Waals surface area contributed by atoms with E-state index in [-0.39, 0.29) is 0 Å².